The van der Waals surface area contributed by atoms with Gasteiger partial charge in [0.2, 0.25) is 5.91 Å². The highest BCUT2D eigenvalue weighted by molar-refractivity contribution is 5.94. The molecule has 0 aliphatic carbocycles. The summed E-state index contributed by atoms with van der Waals surface area (Å²) in [6, 6.07) is 12.5. The fourth-order valence-electron chi connectivity index (χ4n) is 2.74. The van der Waals surface area contributed by atoms with Crippen molar-refractivity contribution in [3.63, 3.8) is 0 Å². The number of hydrogen-bond donors (Lipinski definition) is 2. The lowest BCUT2D eigenvalue weighted by molar-refractivity contribution is -0.116. The van der Waals surface area contributed by atoms with Crippen LogP contribution in [0.15, 0.2) is 54.9 Å². The van der Waals surface area contributed by atoms with Crippen molar-refractivity contribution in [3.05, 3.63) is 66.1 Å². The molecule has 0 unspecified atom stereocenters. The van der Waals surface area contributed by atoms with Crippen LogP contribution in [0.4, 0.5) is 5.82 Å². The summed E-state index contributed by atoms with van der Waals surface area (Å²) in [5.41, 5.74) is 1.23. The first-order valence-corrected chi connectivity index (χ1v) is 9.85. The molecule has 0 atom stereocenters. The lowest BCUT2D eigenvalue weighted by atomic mass is 9.92. The third kappa shape index (κ3) is 5.50. The number of nitrogens with zero attached hydrogens (tertiary/aromatic N) is 4. The molecule has 0 radical (unpaired) electrons. The van der Waals surface area contributed by atoms with Gasteiger partial charge in [-0.1, -0.05) is 39.0 Å². The summed E-state index contributed by atoms with van der Waals surface area (Å²) in [7, 11) is 0. The molecule has 0 bridgehead atoms. The minimum atomic E-state index is -0.193. The number of carbonyl (C=O) groups excluding carboxylic acids is 2. The Morgan fingerprint density at radius 2 is 1.73 bits per heavy atom. The van der Waals surface area contributed by atoms with Crippen LogP contribution in [0.25, 0.3) is 5.95 Å². The normalized spacial score (nSPS) is 11.2. The molecular formula is C22H26N6O2. The van der Waals surface area contributed by atoms with Crippen molar-refractivity contribution >= 4 is 17.6 Å². The Hall–Kier alpha value is -3.55. The molecule has 1 aromatic carbocycles. The summed E-state index contributed by atoms with van der Waals surface area (Å²) in [6.07, 6.45) is 4.04. The summed E-state index contributed by atoms with van der Waals surface area (Å²) in [5, 5.41) is 10.3. The van der Waals surface area contributed by atoms with E-state index < -0.39 is 0 Å². The number of carbonyl (C=O) groups is 2. The number of nitrogens with one attached hydrogen (secondary N) is 2. The molecule has 8 heteroatoms. The van der Waals surface area contributed by atoms with Crippen LogP contribution in [-0.2, 0) is 10.2 Å². The first-order chi connectivity index (χ1) is 14.3. The van der Waals surface area contributed by atoms with E-state index in [-0.39, 0.29) is 23.7 Å². The van der Waals surface area contributed by atoms with Crippen LogP contribution in [-0.4, -0.2) is 38.1 Å². The smallest absolute Gasteiger partial charge is 0.252 e. The maximum atomic E-state index is 12.5. The molecule has 2 amide bonds. The predicted octanol–water partition coefficient (Wildman–Crippen LogP) is 3.11. The van der Waals surface area contributed by atoms with E-state index in [4.69, 9.17) is 0 Å². The Balaban J connectivity index is 1.59. The Kier molecular flexibility index (Phi) is 6.56. The van der Waals surface area contributed by atoms with Crippen LogP contribution in [0.3, 0.4) is 0 Å². The monoisotopic (exact) mass is 406 g/mol. The molecule has 2 heterocycles. The van der Waals surface area contributed by atoms with Crippen LogP contribution in [0, 0.1) is 0 Å². The molecule has 0 aliphatic rings. The summed E-state index contributed by atoms with van der Waals surface area (Å²) in [4.78, 5) is 33.0. The highest BCUT2D eigenvalue weighted by Crippen LogP contribution is 2.25. The molecule has 156 valence electrons. The van der Waals surface area contributed by atoms with Crippen LogP contribution >= 0.6 is 0 Å². The maximum absolute atomic E-state index is 12.5. The summed E-state index contributed by atoms with van der Waals surface area (Å²) >= 11 is 0. The molecule has 30 heavy (non-hydrogen) atoms. The van der Waals surface area contributed by atoms with Crippen LogP contribution < -0.4 is 10.6 Å². The Morgan fingerprint density at radius 1 is 1.03 bits per heavy atom. The summed E-state index contributed by atoms with van der Waals surface area (Å²) in [5.74, 6) is 0.592. The minimum absolute atomic E-state index is 0.148. The molecule has 2 aromatic heterocycles. The standard InChI is InChI=1S/C22H26N6O2/c1-22(2,3)17-15-18(28(27-17)21-24-13-8-14-25-21)26-19(29)11-7-12-23-20(30)16-9-5-4-6-10-16/h4-6,8-10,13-15H,7,11-12H2,1-3H3,(H,23,30)(H,26,29). The van der Waals surface area contributed by atoms with Crippen molar-refractivity contribution in [2.75, 3.05) is 11.9 Å². The molecule has 0 spiro atoms. The zero-order valence-electron chi connectivity index (χ0n) is 17.4. The molecule has 0 saturated heterocycles. The van der Waals surface area contributed by atoms with Gasteiger partial charge in [-0.3, -0.25) is 9.59 Å². The van der Waals surface area contributed by atoms with Crippen molar-refractivity contribution < 1.29 is 9.59 Å². The first kappa shape index (κ1) is 21.2. The molecule has 3 aromatic rings. The lowest BCUT2D eigenvalue weighted by Gasteiger charge is -2.13. The average molecular weight is 406 g/mol. The van der Waals surface area contributed by atoms with Crippen molar-refractivity contribution in [3.8, 4) is 5.95 Å². The van der Waals surface area contributed by atoms with E-state index in [9.17, 15) is 9.59 Å². The topological polar surface area (TPSA) is 102 Å². The quantitative estimate of drug-likeness (QED) is 0.587. The second kappa shape index (κ2) is 9.30. The Labute approximate surface area is 175 Å². The number of hydrogen-bond acceptors (Lipinski definition) is 5. The largest absolute Gasteiger partial charge is 0.352 e. The number of amides is 2. The highest BCUT2D eigenvalue weighted by Gasteiger charge is 2.22. The zero-order chi connectivity index (χ0) is 21.6. The first-order valence-electron chi connectivity index (χ1n) is 9.85. The van der Waals surface area contributed by atoms with E-state index >= 15 is 0 Å². The van der Waals surface area contributed by atoms with Gasteiger partial charge in [-0.2, -0.15) is 9.78 Å². The van der Waals surface area contributed by atoms with Gasteiger partial charge in [-0.05, 0) is 24.6 Å². The van der Waals surface area contributed by atoms with Crippen LogP contribution in [0.1, 0.15) is 49.7 Å². The third-order valence-electron chi connectivity index (χ3n) is 4.39. The third-order valence-corrected chi connectivity index (χ3v) is 4.39. The van der Waals surface area contributed by atoms with Gasteiger partial charge in [0, 0.05) is 42.4 Å². The van der Waals surface area contributed by atoms with E-state index in [1.807, 2.05) is 45.0 Å². The lowest BCUT2D eigenvalue weighted by Crippen LogP contribution is -2.25. The van der Waals surface area contributed by atoms with Gasteiger partial charge in [-0.25, -0.2) is 9.97 Å². The van der Waals surface area contributed by atoms with E-state index in [1.54, 1.807) is 30.6 Å². The predicted molar refractivity (Wildman–Crippen MR) is 114 cm³/mol. The highest BCUT2D eigenvalue weighted by atomic mass is 16.2. The van der Waals surface area contributed by atoms with E-state index in [2.05, 4.69) is 25.7 Å². The van der Waals surface area contributed by atoms with E-state index in [1.165, 1.54) is 4.68 Å². The van der Waals surface area contributed by atoms with Crippen LogP contribution in [0.5, 0.6) is 0 Å². The van der Waals surface area contributed by atoms with Gasteiger partial charge in [0.25, 0.3) is 11.9 Å². The number of aromatic nitrogens is 4. The van der Waals surface area contributed by atoms with Gasteiger partial charge < -0.3 is 10.6 Å². The Morgan fingerprint density at radius 3 is 2.40 bits per heavy atom. The molecule has 0 aliphatic heterocycles. The number of anilines is 1. The van der Waals surface area contributed by atoms with E-state index in [0.29, 0.717) is 30.3 Å². The van der Waals surface area contributed by atoms with Crippen molar-refractivity contribution in [1.82, 2.24) is 25.1 Å². The van der Waals surface area contributed by atoms with Gasteiger partial charge in [0.05, 0.1) is 5.69 Å². The second-order valence-electron chi connectivity index (χ2n) is 7.90. The second-order valence-corrected chi connectivity index (χ2v) is 7.90. The fourth-order valence-corrected chi connectivity index (χ4v) is 2.74. The minimum Gasteiger partial charge on any atom is -0.352 e. The molecule has 2 N–H and O–H groups in total. The van der Waals surface area contributed by atoms with Crippen molar-refractivity contribution in [1.29, 1.82) is 0 Å². The Bertz CT molecular complexity index is 993. The van der Waals surface area contributed by atoms with Crippen molar-refractivity contribution in [2.45, 2.75) is 39.0 Å². The maximum Gasteiger partial charge on any atom is 0.252 e. The molecular weight excluding hydrogens is 380 g/mol. The fraction of sp³-hybridized carbons (Fsp3) is 0.318. The average Bonchev–Trinajstić information content (AvgIpc) is 3.16. The summed E-state index contributed by atoms with van der Waals surface area (Å²) in [6.45, 7) is 6.56. The molecule has 0 fully saturated rings. The van der Waals surface area contributed by atoms with Gasteiger partial charge >= 0.3 is 0 Å². The van der Waals surface area contributed by atoms with Gasteiger partial charge in [0.1, 0.15) is 5.82 Å². The van der Waals surface area contributed by atoms with Gasteiger partial charge in [0.15, 0.2) is 0 Å². The van der Waals surface area contributed by atoms with Gasteiger partial charge in [-0.15, -0.1) is 0 Å². The van der Waals surface area contributed by atoms with E-state index in [0.717, 1.165) is 5.69 Å². The zero-order valence-corrected chi connectivity index (χ0v) is 17.4. The number of rotatable bonds is 7. The number of benzene rings is 1. The summed E-state index contributed by atoms with van der Waals surface area (Å²) < 4.78 is 1.54. The van der Waals surface area contributed by atoms with Crippen molar-refractivity contribution in [2.24, 2.45) is 0 Å². The molecule has 3 rings (SSSR count). The van der Waals surface area contributed by atoms with Crippen LogP contribution in [0.2, 0.25) is 0 Å². The SMILES string of the molecule is CC(C)(C)c1cc(NC(=O)CCCNC(=O)c2ccccc2)n(-c2ncccn2)n1. The molecule has 8 nitrogen and oxygen atoms in total. The molecule has 0 saturated carbocycles.